The van der Waals surface area contributed by atoms with Gasteiger partial charge in [0.1, 0.15) is 0 Å². The summed E-state index contributed by atoms with van der Waals surface area (Å²) in [5, 5.41) is 0. The first kappa shape index (κ1) is 16.3. The van der Waals surface area contributed by atoms with Crippen molar-refractivity contribution in [1.29, 1.82) is 0 Å². The Bertz CT molecular complexity index is 670. The molecule has 0 atom stereocenters. The van der Waals surface area contributed by atoms with Gasteiger partial charge < -0.3 is 0 Å². The van der Waals surface area contributed by atoms with E-state index in [4.69, 9.17) is 0 Å². The summed E-state index contributed by atoms with van der Waals surface area (Å²) >= 11 is -2.74. The molecule has 0 N–H and O–H groups in total. The van der Waals surface area contributed by atoms with Gasteiger partial charge in [-0.2, -0.15) is 0 Å². The summed E-state index contributed by atoms with van der Waals surface area (Å²) in [6.45, 7) is 6.48. The monoisotopic (exact) mass is 409 g/mol. The maximum atomic E-state index is 2.53. The van der Waals surface area contributed by atoms with Gasteiger partial charge in [0.15, 0.2) is 0 Å². The van der Waals surface area contributed by atoms with Gasteiger partial charge in [0.05, 0.1) is 0 Å². The molecule has 0 fully saturated rings. The van der Waals surface area contributed by atoms with Gasteiger partial charge >= 0.3 is 144 Å². The standard InChI is InChI=1S/3C7H7.CH3.Sb/c3*1-7-5-3-2-4-6-7;;/h3*3-6H,1H3;1H3;/q;;;;+1. The fraction of sp³-hybridized carbons (Fsp3) is 0.182. The van der Waals surface area contributed by atoms with Crippen molar-refractivity contribution < 1.29 is 0 Å². The maximum absolute atomic E-state index is 2.74. The zero-order valence-electron chi connectivity index (χ0n) is 14.4. The van der Waals surface area contributed by atoms with Crippen LogP contribution in [0.3, 0.4) is 0 Å². The Labute approximate surface area is 144 Å². The van der Waals surface area contributed by atoms with E-state index < -0.39 is 18.8 Å². The molecule has 0 radical (unpaired) electrons. The molecule has 0 saturated carbocycles. The molecule has 0 heterocycles. The Balaban J connectivity index is 2.21. The third-order valence-electron chi connectivity index (χ3n) is 4.65. The Morgan fingerprint density at radius 2 is 0.652 bits per heavy atom. The fourth-order valence-electron chi connectivity index (χ4n) is 2.98. The van der Waals surface area contributed by atoms with Crippen molar-refractivity contribution in [2.24, 2.45) is 0 Å². The molecule has 0 bridgehead atoms. The molecule has 0 aromatic heterocycles. The van der Waals surface area contributed by atoms with Gasteiger partial charge in [-0.05, 0) is 0 Å². The van der Waals surface area contributed by atoms with Gasteiger partial charge in [0.25, 0.3) is 0 Å². The SMILES string of the molecule is Cc1cc[c]([Sb+]([CH3])([c]2ccc(C)cc2)[c]2ccc(C)cc2)cc1. The van der Waals surface area contributed by atoms with Crippen LogP contribution in [-0.2, 0) is 0 Å². The van der Waals surface area contributed by atoms with Crippen LogP contribution in [0.4, 0.5) is 0 Å². The minimum atomic E-state index is -2.74. The molecule has 0 aliphatic heterocycles. The fourth-order valence-corrected chi connectivity index (χ4v) is 11.9. The van der Waals surface area contributed by atoms with Crippen molar-refractivity contribution in [3.05, 3.63) is 89.5 Å². The molecule has 3 rings (SSSR count). The van der Waals surface area contributed by atoms with Crippen molar-refractivity contribution in [3.8, 4) is 0 Å². The first-order chi connectivity index (χ1) is 11.0. The van der Waals surface area contributed by atoms with Crippen molar-refractivity contribution in [2.75, 3.05) is 0 Å². The van der Waals surface area contributed by atoms with Crippen LogP contribution in [0.1, 0.15) is 16.7 Å². The van der Waals surface area contributed by atoms with E-state index in [9.17, 15) is 0 Å². The third kappa shape index (κ3) is 3.24. The average molecular weight is 410 g/mol. The van der Waals surface area contributed by atoms with E-state index in [2.05, 4.69) is 98.4 Å². The van der Waals surface area contributed by atoms with Crippen LogP contribution in [0, 0.1) is 20.8 Å². The number of aryl methyl sites for hydroxylation is 3. The zero-order chi connectivity index (χ0) is 16.4. The first-order valence-corrected chi connectivity index (χ1v) is 14.5. The Hall–Kier alpha value is -1.52. The Kier molecular flexibility index (Phi) is 4.64. The average Bonchev–Trinajstić information content (AvgIpc) is 2.56. The molecule has 0 nitrogen and oxygen atoms in total. The summed E-state index contributed by atoms with van der Waals surface area (Å²) in [6, 6.07) is 27.6. The summed E-state index contributed by atoms with van der Waals surface area (Å²) in [5.74, 6) is 0. The van der Waals surface area contributed by atoms with Crippen molar-refractivity contribution in [3.63, 3.8) is 0 Å². The molecule has 0 unspecified atom stereocenters. The number of hydrogen-bond acceptors (Lipinski definition) is 0. The van der Waals surface area contributed by atoms with E-state index in [0.717, 1.165) is 0 Å². The predicted molar refractivity (Wildman–Crippen MR) is 104 cm³/mol. The second-order valence-electron chi connectivity index (χ2n) is 6.51. The van der Waals surface area contributed by atoms with Crippen LogP contribution in [0.25, 0.3) is 0 Å². The molecule has 0 aliphatic carbocycles. The normalized spacial score (nSPS) is 11.5. The molecule has 116 valence electrons. The summed E-state index contributed by atoms with van der Waals surface area (Å²) in [7, 11) is 0. The molecule has 0 spiro atoms. The molecule has 0 amide bonds. The summed E-state index contributed by atoms with van der Waals surface area (Å²) in [4.78, 5) is 2.53. The summed E-state index contributed by atoms with van der Waals surface area (Å²) < 4.78 is 4.59. The van der Waals surface area contributed by atoms with E-state index in [1.807, 2.05) is 0 Å². The second-order valence-corrected chi connectivity index (χ2v) is 16.7. The van der Waals surface area contributed by atoms with Gasteiger partial charge in [-0.25, -0.2) is 0 Å². The van der Waals surface area contributed by atoms with Gasteiger partial charge in [-0.1, -0.05) is 0 Å². The first-order valence-electron chi connectivity index (χ1n) is 8.08. The molecular weight excluding hydrogens is 386 g/mol. The van der Waals surface area contributed by atoms with Gasteiger partial charge in [0.2, 0.25) is 0 Å². The van der Waals surface area contributed by atoms with Gasteiger partial charge in [-0.15, -0.1) is 0 Å². The Morgan fingerprint density at radius 1 is 0.435 bits per heavy atom. The van der Waals surface area contributed by atoms with Crippen molar-refractivity contribution >= 4 is 29.3 Å². The van der Waals surface area contributed by atoms with Crippen LogP contribution in [0.2, 0.25) is 4.87 Å². The number of hydrogen-bond donors (Lipinski definition) is 0. The molecule has 0 aliphatic rings. The van der Waals surface area contributed by atoms with Crippen molar-refractivity contribution in [2.45, 2.75) is 25.6 Å². The molecule has 1 heteroatoms. The van der Waals surface area contributed by atoms with Gasteiger partial charge in [-0.3, -0.25) is 0 Å². The van der Waals surface area contributed by atoms with Gasteiger partial charge in [0, 0.05) is 0 Å². The second kappa shape index (κ2) is 6.54. The van der Waals surface area contributed by atoms with Crippen molar-refractivity contribution in [1.82, 2.24) is 0 Å². The van der Waals surface area contributed by atoms with E-state index >= 15 is 0 Å². The summed E-state index contributed by atoms with van der Waals surface area (Å²) in [6.07, 6.45) is 0. The third-order valence-corrected chi connectivity index (χ3v) is 16.0. The summed E-state index contributed by atoms with van der Waals surface area (Å²) in [5.41, 5.74) is 3.98. The number of rotatable bonds is 3. The molecule has 3 aromatic rings. The Morgan fingerprint density at radius 3 is 0.870 bits per heavy atom. The molecule has 0 saturated heterocycles. The zero-order valence-corrected chi connectivity index (χ0v) is 16.9. The van der Waals surface area contributed by atoms with Crippen LogP contribution >= 0.6 is 0 Å². The van der Waals surface area contributed by atoms with E-state index in [1.54, 1.807) is 0 Å². The molecular formula is C22H24Sb+. The van der Waals surface area contributed by atoms with E-state index in [0.29, 0.717) is 0 Å². The topological polar surface area (TPSA) is 0 Å². The molecule has 3 aromatic carbocycles. The van der Waals surface area contributed by atoms with E-state index in [1.165, 1.54) is 27.2 Å². The minimum absolute atomic E-state index is 1.33. The van der Waals surface area contributed by atoms with Crippen LogP contribution < -0.4 is 10.5 Å². The predicted octanol–water partition coefficient (Wildman–Crippen LogP) is 3.71. The van der Waals surface area contributed by atoms with E-state index in [-0.39, 0.29) is 0 Å². The van der Waals surface area contributed by atoms with Crippen LogP contribution in [0.5, 0.6) is 0 Å². The number of benzene rings is 3. The van der Waals surface area contributed by atoms with Crippen LogP contribution in [0.15, 0.2) is 72.8 Å². The molecule has 23 heavy (non-hydrogen) atoms. The van der Waals surface area contributed by atoms with Crippen LogP contribution in [-0.4, -0.2) is 18.8 Å². The quantitative estimate of drug-likeness (QED) is 0.578.